The molecule has 4 heteroatoms. The summed E-state index contributed by atoms with van der Waals surface area (Å²) in [5.41, 5.74) is 1.49. The average molecular weight is 918 g/mol. The van der Waals surface area contributed by atoms with Crippen molar-refractivity contribution in [1.82, 2.24) is 9.97 Å². The van der Waals surface area contributed by atoms with Crippen LogP contribution >= 0.6 is 0 Å². The Labute approximate surface area is 369 Å². The molecule has 8 aromatic rings. The zero-order valence-corrected chi connectivity index (χ0v) is 32.4. The van der Waals surface area contributed by atoms with Crippen LogP contribution < -0.4 is 0 Å². The van der Waals surface area contributed by atoms with Crippen LogP contribution in [-0.2, 0) is 25.5 Å². The molecule has 0 aliphatic rings. The van der Waals surface area contributed by atoms with Crippen molar-refractivity contribution in [2.75, 3.05) is 0 Å². The third kappa shape index (κ3) is 8.27. The smallest absolute Gasteiger partial charge is 0.123 e. The summed E-state index contributed by atoms with van der Waals surface area (Å²) in [7, 11) is 0. The van der Waals surface area contributed by atoms with Crippen LogP contribution in [0.3, 0.4) is 0 Å². The van der Waals surface area contributed by atoms with Crippen LogP contribution in [0.15, 0.2) is 114 Å². The van der Waals surface area contributed by atoms with Gasteiger partial charge in [0.15, 0.2) is 0 Å². The minimum Gasteiger partial charge on any atom is -0.500 e. The van der Waals surface area contributed by atoms with Gasteiger partial charge in [0.25, 0.3) is 0 Å². The van der Waals surface area contributed by atoms with E-state index in [-0.39, 0.29) is 109 Å². The molecule has 5 aromatic carbocycles. The van der Waals surface area contributed by atoms with Crippen molar-refractivity contribution >= 4 is 21.9 Å². The second-order valence-corrected chi connectivity index (χ2v) is 13.9. The molecule has 0 fully saturated rings. The summed E-state index contributed by atoms with van der Waals surface area (Å²) >= 11 is 0. The summed E-state index contributed by atoms with van der Waals surface area (Å²) in [6.45, 7) is -12.1. The third-order valence-electron chi connectivity index (χ3n) is 9.05. The van der Waals surface area contributed by atoms with Crippen molar-refractivity contribution in [3.8, 4) is 44.8 Å². The van der Waals surface area contributed by atoms with Gasteiger partial charge in [-0.25, -0.2) is 0 Å². The van der Waals surface area contributed by atoms with Gasteiger partial charge >= 0.3 is 0 Å². The largest absolute Gasteiger partial charge is 0.500 e. The molecule has 0 unspecified atom stereocenters. The molecule has 1 radical (unpaired) electrons. The summed E-state index contributed by atoms with van der Waals surface area (Å²) in [5, 5.41) is 0.542. The molecule has 3 aromatic heterocycles. The first kappa shape index (κ1) is 20.7. The Morgan fingerprint density at radius 2 is 1.27 bits per heavy atom. The predicted octanol–water partition coefficient (Wildman–Crippen LogP) is 13.8. The molecule has 279 valence electrons. The molecule has 0 amide bonds. The summed E-state index contributed by atoms with van der Waals surface area (Å²) in [6.07, 6.45) is 2.36. The zero-order valence-electron chi connectivity index (χ0n) is 51.0. The molecular weight excluding hydrogens is 849 g/mol. The van der Waals surface area contributed by atoms with Crippen molar-refractivity contribution in [3.05, 3.63) is 166 Å². The fourth-order valence-corrected chi connectivity index (χ4v) is 6.20. The Morgan fingerprint density at radius 1 is 0.564 bits per heavy atom. The van der Waals surface area contributed by atoms with E-state index in [0.29, 0.717) is 22.2 Å². The molecule has 0 aliphatic heterocycles. The molecule has 0 N–H and O–H groups in total. The fraction of sp³-hybridized carbons (Fsp3) is 0.216. The van der Waals surface area contributed by atoms with Gasteiger partial charge in [-0.2, -0.15) is 0 Å². The maximum Gasteiger partial charge on any atom is 0.123 e. The molecule has 0 aliphatic carbocycles. The van der Waals surface area contributed by atoms with Crippen molar-refractivity contribution < 1.29 is 53.3 Å². The van der Waals surface area contributed by atoms with Crippen molar-refractivity contribution in [3.63, 3.8) is 0 Å². The van der Waals surface area contributed by atoms with Crippen LogP contribution in [0.1, 0.15) is 94.1 Å². The maximum atomic E-state index is 8.54. The molecular formula is C51H48IrN2O-2. The van der Waals surface area contributed by atoms with Crippen LogP contribution in [0.25, 0.3) is 66.7 Å². The summed E-state index contributed by atoms with van der Waals surface area (Å²) < 4.78 is 174. The number of benzene rings is 5. The molecule has 0 atom stereocenters. The van der Waals surface area contributed by atoms with E-state index in [9.17, 15) is 0 Å². The maximum absolute atomic E-state index is 8.54. The molecule has 0 saturated carbocycles. The summed E-state index contributed by atoms with van der Waals surface area (Å²) in [4.78, 5) is 8.48. The van der Waals surface area contributed by atoms with Crippen molar-refractivity contribution in [2.24, 2.45) is 0 Å². The van der Waals surface area contributed by atoms with E-state index < -0.39 is 48.0 Å². The number of nitrogens with zero attached hydrogens (tertiary/aromatic N) is 2. The molecule has 0 saturated heterocycles. The molecule has 0 bridgehead atoms. The van der Waals surface area contributed by atoms with E-state index >= 15 is 0 Å². The van der Waals surface area contributed by atoms with E-state index in [1.54, 1.807) is 30.3 Å². The van der Waals surface area contributed by atoms with Gasteiger partial charge in [0.2, 0.25) is 0 Å². The number of hydrogen-bond acceptors (Lipinski definition) is 3. The van der Waals surface area contributed by atoms with Gasteiger partial charge in [-0.05, 0) is 120 Å². The molecule has 3 nitrogen and oxygen atoms in total. The number of furan rings is 1. The second kappa shape index (κ2) is 15.9. The zero-order chi connectivity index (χ0) is 55.8. The summed E-state index contributed by atoms with van der Waals surface area (Å²) in [5.74, 6) is 0. The van der Waals surface area contributed by atoms with Gasteiger partial charge in [-0.15, -0.1) is 53.6 Å². The topological polar surface area (TPSA) is 38.9 Å². The van der Waals surface area contributed by atoms with Gasteiger partial charge < -0.3 is 14.4 Å². The number of aromatic nitrogens is 2. The van der Waals surface area contributed by atoms with Gasteiger partial charge in [-0.3, -0.25) is 0 Å². The normalized spacial score (nSPS) is 18.6. The first-order valence-electron chi connectivity index (χ1n) is 27.5. The number of aryl methyl sites for hydroxylation is 7. The number of fused-ring (bicyclic) bond motifs is 3. The molecule has 8 rings (SSSR count). The molecule has 55 heavy (non-hydrogen) atoms. The van der Waals surface area contributed by atoms with Gasteiger partial charge in [0.05, 0.1) is 5.58 Å². The second-order valence-electron chi connectivity index (χ2n) is 13.9. The van der Waals surface area contributed by atoms with Gasteiger partial charge in [-0.1, -0.05) is 105 Å². The Morgan fingerprint density at radius 3 is 1.95 bits per heavy atom. The first-order valence-corrected chi connectivity index (χ1v) is 17.0. The van der Waals surface area contributed by atoms with E-state index in [1.807, 2.05) is 32.9 Å². The summed E-state index contributed by atoms with van der Waals surface area (Å²) in [6, 6.07) is 29.9. The van der Waals surface area contributed by atoms with Crippen LogP contribution in [-0.4, -0.2) is 9.97 Å². The Balaban J connectivity index is 0.000000374. The monoisotopic (exact) mass is 918 g/mol. The minimum atomic E-state index is -2.84. The van der Waals surface area contributed by atoms with Crippen LogP contribution in [0.5, 0.6) is 0 Å². The Hall–Kier alpha value is -5.15. The quantitative estimate of drug-likeness (QED) is 0.165. The Bertz CT molecular complexity index is 3330. The van der Waals surface area contributed by atoms with E-state index in [1.165, 1.54) is 54.7 Å². The van der Waals surface area contributed by atoms with Crippen LogP contribution in [0, 0.1) is 60.1 Å². The molecule has 0 spiro atoms. The van der Waals surface area contributed by atoms with E-state index in [0.717, 1.165) is 17.8 Å². The molecule has 3 heterocycles. The standard InChI is InChI=1S/C38H36NO.C13H12N.Ir/c1-22-16-25(4)36-34(17-22)29-10-9-11-30(37(29)40-36)35-20-33(26(5)21-39-35)32-19-23(2)31(18-24(32)3)27-12-14-28(15-13-27)38(6,7)8;1-10-3-6-12(7-4-10)13-8-5-11(2)9-14-13;/h9-10,12-21H,1-8H3;3-6,8-9H,1-2H3;/q2*-1;/i1D3,2D3,3D3,4D3,5D3;1D3,2D3;. The van der Waals surface area contributed by atoms with Crippen molar-refractivity contribution in [2.45, 2.75) is 74.1 Å². The SMILES string of the molecule is [2H]C([2H])([2H])c1c[c-]c(-c2ccc(C([2H])([2H])[2H])cn2)cc1.[2H]C([2H])([2H])c1cc(C([2H])([2H])[2H])c2oc3c(-c4cc(-c5cc(C([2H])([2H])[2H])c(-c6ccc(C(C)(C)C)cc6)cc5C([2H])([2H])[2H])c(C([2H])([2H])[2H])cn4)[c-]ccc3c2c1.[Ir]. The van der Waals surface area contributed by atoms with Crippen LogP contribution in [0.2, 0.25) is 0 Å². The Kier molecular flexibility index (Phi) is 5.98. The van der Waals surface area contributed by atoms with E-state index in [2.05, 4.69) is 22.1 Å². The first-order chi connectivity index (χ1) is 34.2. The number of pyridine rings is 2. The third-order valence-corrected chi connectivity index (χ3v) is 9.05. The number of hydrogen-bond donors (Lipinski definition) is 0. The fourth-order valence-electron chi connectivity index (χ4n) is 6.20. The van der Waals surface area contributed by atoms with E-state index in [4.69, 9.17) is 33.2 Å². The number of rotatable bonds is 4. The van der Waals surface area contributed by atoms with Gasteiger partial charge in [0.1, 0.15) is 5.58 Å². The minimum absolute atomic E-state index is 0. The average Bonchev–Trinajstić information content (AvgIpc) is 3.67. The predicted molar refractivity (Wildman–Crippen MR) is 227 cm³/mol. The van der Waals surface area contributed by atoms with Crippen LogP contribution in [0.4, 0.5) is 0 Å². The van der Waals surface area contributed by atoms with Crippen molar-refractivity contribution in [1.29, 1.82) is 0 Å². The van der Waals surface area contributed by atoms with Gasteiger partial charge in [0, 0.05) is 66.7 Å².